The van der Waals surface area contributed by atoms with Gasteiger partial charge in [0.15, 0.2) is 11.2 Å². The van der Waals surface area contributed by atoms with Gasteiger partial charge in [-0.15, -0.1) is 11.3 Å². The molecular formula is C16H14Cl2N2OS. The monoisotopic (exact) mass is 352 g/mol. The largest absolute Gasteiger partial charge is 0.296 e. The summed E-state index contributed by atoms with van der Waals surface area (Å²) in [5.41, 5.74) is 2.94. The van der Waals surface area contributed by atoms with Gasteiger partial charge in [0.25, 0.3) is 0 Å². The number of rotatable bonds is 2. The number of imidazole rings is 1. The maximum atomic E-state index is 11.7. The summed E-state index contributed by atoms with van der Waals surface area (Å²) in [6, 6.07) is 5.27. The molecule has 0 saturated carbocycles. The Bertz CT molecular complexity index is 874. The van der Waals surface area contributed by atoms with Crippen molar-refractivity contribution in [1.82, 2.24) is 9.38 Å². The smallest absolute Gasteiger partial charge is 0.195 e. The van der Waals surface area contributed by atoms with E-state index in [0.717, 1.165) is 22.5 Å². The molecule has 0 saturated heterocycles. The molecule has 3 aromatic rings. The van der Waals surface area contributed by atoms with Crippen molar-refractivity contribution in [3.05, 3.63) is 45.0 Å². The zero-order chi connectivity index (χ0) is 16.1. The predicted molar refractivity (Wildman–Crippen MR) is 92.6 cm³/mol. The van der Waals surface area contributed by atoms with Crippen LogP contribution in [0.1, 0.15) is 37.0 Å². The van der Waals surface area contributed by atoms with Crippen molar-refractivity contribution in [3.63, 3.8) is 0 Å². The summed E-state index contributed by atoms with van der Waals surface area (Å²) in [4.78, 5) is 17.1. The summed E-state index contributed by atoms with van der Waals surface area (Å²) in [6.07, 6.45) is 0.847. The molecule has 2 aromatic heterocycles. The molecule has 1 aromatic carbocycles. The SMILES string of the molecule is CC(C)(C)c1csc2nc(-c3ccc(Cl)c(Cl)c3)c(C=O)n12. The number of thiazole rings is 1. The Morgan fingerprint density at radius 3 is 2.55 bits per heavy atom. The second kappa shape index (κ2) is 5.37. The molecule has 114 valence electrons. The lowest BCUT2D eigenvalue weighted by Crippen LogP contribution is -2.15. The Morgan fingerprint density at radius 1 is 1.23 bits per heavy atom. The van der Waals surface area contributed by atoms with E-state index in [0.29, 0.717) is 21.4 Å². The lowest BCUT2D eigenvalue weighted by atomic mass is 9.93. The van der Waals surface area contributed by atoms with Crippen LogP contribution in [0.4, 0.5) is 0 Å². The van der Waals surface area contributed by atoms with Crippen molar-refractivity contribution in [2.24, 2.45) is 0 Å². The lowest BCUT2D eigenvalue weighted by molar-refractivity contribution is 0.111. The van der Waals surface area contributed by atoms with Crippen LogP contribution >= 0.6 is 34.5 Å². The van der Waals surface area contributed by atoms with Crippen LogP contribution in [0, 0.1) is 0 Å². The minimum Gasteiger partial charge on any atom is -0.296 e. The molecular weight excluding hydrogens is 339 g/mol. The maximum Gasteiger partial charge on any atom is 0.195 e. The van der Waals surface area contributed by atoms with E-state index in [1.807, 2.05) is 15.8 Å². The Morgan fingerprint density at radius 2 is 1.95 bits per heavy atom. The molecule has 3 nitrogen and oxygen atoms in total. The van der Waals surface area contributed by atoms with Gasteiger partial charge < -0.3 is 0 Å². The average Bonchev–Trinajstić information content (AvgIpc) is 2.99. The highest BCUT2D eigenvalue weighted by atomic mass is 35.5. The van der Waals surface area contributed by atoms with E-state index in [4.69, 9.17) is 23.2 Å². The molecule has 22 heavy (non-hydrogen) atoms. The quantitative estimate of drug-likeness (QED) is 0.572. The van der Waals surface area contributed by atoms with Crippen molar-refractivity contribution in [2.45, 2.75) is 26.2 Å². The predicted octanol–water partition coefficient (Wildman–Crippen LogP) is 5.48. The Kier molecular flexibility index (Phi) is 3.79. The molecule has 0 N–H and O–H groups in total. The summed E-state index contributed by atoms with van der Waals surface area (Å²) in [5, 5.41) is 2.98. The number of hydrogen-bond acceptors (Lipinski definition) is 3. The van der Waals surface area contributed by atoms with Crippen LogP contribution in [0.25, 0.3) is 16.2 Å². The van der Waals surface area contributed by atoms with Crippen molar-refractivity contribution < 1.29 is 4.79 Å². The first-order chi connectivity index (χ1) is 10.3. The van der Waals surface area contributed by atoms with Crippen LogP contribution in [0.15, 0.2) is 23.6 Å². The lowest BCUT2D eigenvalue weighted by Gasteiger charge is -2.17. The maximum absolute atomic E-state index is 11.7. The zero-order valence-corrected chi connectivity index (χ0v) is 14.7. The summed E-state index contributed by atoms with van der Waals surface area (Å²) in [7, 11) is 0. The minimum atomic E-state index is -0.0778. The van der Waals surface area contributed by atoms with E-state index in [9.17, 15) is 4.79 Å². The van der Waals surface area contributed by atoms with Gasteiger partial charge in [0.2, 0.25) is 0 Å². The molecule has 6 heteroatoms. The van der Waals surface area contributed by atoms with Crippen molar-refractivity contribution in [3.8, 4) is 11.3 Å². The van der Waals surface area contributed by atoms with Crippen LogP contribution in [0.2, 0.25) is 10.0 Å². The second-order valence-electron chi connectivity index (χ2n) is 6.08. The van der Waals surface area contributed by atoms with E-state index >= 15 is 0 Å². The summed E-state index contributed by atoms with van der Waals surface area (Å²) < 4.78 is 1.93. The first-order valence-electron chi connectivity index (χ1n) is 6.74. The van der Waals surface area contributed by atoms with Crippen molar-refractivity contribution >= 4 is 45.8 Å². The first kappa shape index (κ1) is 15.5. The Hall–Kier alpha value is -1.36. The summed E-state index contributed by atoms with van der Waals surface area (Å²) in [5.74, 6) is 0. The van der Waals surface area contributed by atoms with Gasteiger partial charge in [-0.1, -0.05) is 50.0 Å². The number of fused-ring (bicyclic) bond motifs is 1. The molecule has 0 radical (unpaired) electrons. The highest BCUT2D eigenvalue weighted by molar-refractivity contribution is 7.15. The van der Waals surface area contributed by atoms with Gasteiger partial charge in [-0.2, -0.15) is 0 Å². The molecule has 0 aliphatic carbocycles. The van der Waals surface area contributed by atoms with Crippen LogP contribution in [0.5, 0.6) is 0 Å². The Balaban J connectivity index is 2.29. The van der Waals surface area contributed by atoms with Gasteiger partial charge in [0.05, 0.1) is 10.0 Å². The third-order valence-electron chi connectivity index (χ3n) is 3.47. The number of aromatic nitrogens is 2. The molecule has 0 unspecified atom stereocenters. The molecule has 0 fully saturated rings. The molecule has 0 atom stereocenters. The van der Waals surface area contributed by atoms with Crippen LogP contribution in [0.3, 0.4) is 0 Å². The molecule has 2 heterocycles. The molecule has 0 bridgehead atoms. The number of halogens is 2. The van der Waals surface area contributed by atoms with Crippen molar-refractivity contribution in [2.75, 3.05) is 0 Å². The van der Waals surface area contributed by atoms with Gasteiger partial charge in [-0.25, -0.2) is 4.98 Å². The van der Waals surface area contributed by atoms with Gasteiger partial charge in [-0.3, -0.25) is 9.20 Å². The highest BCUT2D eigenvalue weighted by Gasteiger charge is 2.24. The number of nitrogens with zero attached hydrogens (tertiary/aromatic N) is 2. The van der Waals surface area contributed by atoms with E-state index in [1.54, 1.807) is 12.1 Å². The van der Waals surface area contributed by atoms with E-state index < -0.39 is 0 Å². The zero-order valence-electron chi connectivity index (χ0n) is 12.4. The van der Waals surface area contributed by atoms with Crippen LogP contribution < -0.4 is 0 Å². The third kappa shape index (κ3) is 2.45. The van der Waals surface area contributed by atoms with Crippen LogP contribution in [-0.4, -0.2) is 15.7 Å². The number of hydrogen-bond donors (Lipinski definition) is 0. The van der Waals surface area contributed by atoms with E-state index in [-0.39, 0.29) is 5.41 Å². The number of benzene rings is 1. The van der Waals surface area contributed by atoms with E-state index in [1.165, 1.54) is 11.3 Å². The summed E-state index contributed by atoms with van der Waals surface area (Å²) in [6.45, 7) is 6.34. The normalized spacial score (nSPS) is 12.0. The number of carbonyl (C=O) groups is 1. The number of aldehydes is 1. The fourth-order valence-electron chi connectivity index (χ4n) is 2.36. The molecule has 0 aliphatic heterocycles. The molecule has 3 rings (SSSR count). The summed E-state index contributed by atoms with van der Waals surface area (Å²) >= 11 is 13.6. The fourth-order valence-corrected chi connectivity index (χ4v) is 3.78. The van der Waals surface area contributed by atoms with E-state index in [2.05, 4.69) is 25.8 Å². The topological polar surface area (TPSA) is 34.4 Å². The molecule has 0 spiro atoms. The number of carbonyl (C=O) groups excluding carboxylic acids is 1. The second-order valence-corrected chi connectivity index (χ2v) is 7.73. The fraction of sp³-hybridized carbons (Fsp3) is 0.250. The third-order valence-corrected chi connectivity index (χ3v) is 5.04. The van der Waals surface area contributed by atoms with Gasteiger partial charge in [-0.05, 0) is 12.1 Å². The standard InChI is InChI=1S/C16H14Cl2N2OS/c1-16(2,3)13-8-22-15-19-14(12(7-21)20(13)15)9-4-5-10(17)11(18)6-9/h4-8H,1-3H3. The molecule has 0 amide bonds. The first-order valence-corrected chi connectivity index (χ1v) is 8.37. The van der Waals surface area contributed by atoms with Gasteiger partial charge >= 0.3 is 0 Å². The molecule has 0 aliphatic rings. The van der Waals surface area contributed by atoms with Gasteiger partial charge in [0.1, 0.15) is 11.4 Å². The van der Waals surface area contributed by atoms with Crippen molar-refractivity contribution in [1.29, 1.82) is 0 Å². The Labute approximate surface area is 142 Å². The average molecular weight is 353 g/mol. The highest BCUT2D eigenvalue weighted by Crippen LogP contribution is 2.34. The van der Waals surface area contributed by atoms with Gasteiger partial charge in [0, 0.05) is 22.1 Å². The minimum absolute atomic E-state index is 0.0778. The van der Waals surface area contributed by atoms with Crippen LogP contribution in [-0.2, 0) is 5.41 Å².